The number of carbonyl (C=O) groups excluding carboxylic acids is 2. The first-order valence-electron chi connectivity index (χ1n) is 10.9. The number of hydrogen-bond donors (Lipinski definition) is 2. The van der Waals surface area contributed by atoms with Crippen molar-refractivity contribution in [2.75, 3.05) is 5.32 Å². The van der Waals surface area contributed by atoms with Crippen molar-refractivity contribution in [2.24, 2.45) is 5.73 Å². The van der Waals surface area contributed by atoms with Crippen LogP contribution in [0.5, 0.6) is 0 Å². The van der Waals surface area contributed by atoms with E-state index in [0.29, 0.717) is 21.8 Å². The van der Waals surface area contributed by atoms with E-state index in [1.807, 2.05) is 54.6 Å². The third-order valence-corrected chi connectivity index (χ3v) is 7.68. The lowest BCUT2D eigenvalue weighted by molar-refractivity contribution is 0.100. The first-order valence-corrected chi connectivity index (χ1v) is 12.5. The molecule has 1 aliphatic carbocycles. The van der Waals surface area contributed by atoms with Crippen LogP contribution < -0.4 is 11.1 Å². The highest BCUT2D eigenvalue weighted by molar-refractivity contribution is 9.10. The number of hydrogen-bond acceptors (Lipinski definition) is 4. The topological polar surface area (TPSA) is 85.1 Å². The zero-order valence-electron chi connectivity index (χ0n) is 17.9. The molecule has 2 heterocycles. The predicted octanol–water partition coefficient (Wildman–Crippen LogP) is 6.35. The van der Waals surface area contributed by atoms with Crippen LogP contribution in [-0.4, -0.2) is 16.8 Å². The van der Waals surface area contributed by atoms with E-state index < -0.39 is 5.91 Å². The molecule has 7 heteroatoms. The highest BCUT2D eigenvalue weighted by Crippen LogP contribution is 2.38. The number of carbonyl (C=O) groups is 2. The van der Waals surface area contributed by atoms with Gasteiger partial charge >= 0.3 is 0 Å². The molecular weight excluding hydrogens is 498 g/mol. The number of thiophene rings is 1. The van der Waals surface area contributed by atoms with Crippen LogP contribution in [0.4, 0.5) is 5.00 Å². The van der Waals surface area contributed by atoms with Crippen LogP contribution in [0.2, 0.25) is 0 Å². The second kappa shape index (κ2) is 9.08. The molecule has 0 fully saturated rings. The molecule has 0 spiro atoms. The molecule has 0 radical (unpaired) electrons. The van der Waals surface area contributed by atoms with Gasteiger partial charge in [-0.1, -0.05) is 52.7 Å². The number of nitrogens with two attached hydrogens (primary N) is 1. The van der Waals surface area contributed by atoms with Crippen LogP contribution in [0.3, 0.4) is 0 Å². The zero-order valence-corrected chi connectivity index (χ0v) is 20.3. The second-order valence-electron chi connectivity index (χ2n) is 8.17. The Labute approximate surface area is 204 Å². The molecule has 2 aromatic carbocycles. The Morgan fingerprint density at radius 1 is 1.00 bits per heavy atom. The molecule has 0 saturated carbocycles. The number of para-hydroxylation sites is 1. The Balaban J connectivity index is 1.59. The van der Waals surface area contributed by atoms with Crippen LogP contribution in [0, 0.1) is 0 Å². The molecule has 5 nitrogen and oxygen atoms in total. The first-order chi connectivity index (χ1) is 16.0. The third-order valence-electron chi connectivity index (χ3n) is 5.98. The molecule has 0 aliphatic heterocycles. The summed E-state index contributed by atoms with van der Waals surface area (Å²) in [4.78, 5) is 31.8. The lowest BCUT2D eigenvalue weighted by Crippen LogP contribution is -2.18. The third kappa shape index (κ3) is 4.30. The summed E-state index contributed by atoms with van der Waals surface area (Å²) in [5.41, 5.74) is 10.1. The number of aromatic nitrogens is 1. The number of amides is 2. The minimum atomic E-state index is -0.487. The highest BCUT2D eigenvalue weighted by atomic mass is 79.9. The van der Waals surface area contributed by atoms with Gasteiger partial charge < -0.3 is 11.1 Å². The largest absolute Gasteiger partial charge is 0.365 e. The summed E-state index contributed by atoms with van der Waals surface area (Å²) in [5.74, 6) is -0.761. The average Bonchev–Trinajstić information content (AvgIpc) is 2.98. The average molecular weight is 520 g/mol. The normalized spacial score (nSPS) is 13.4. The van der Waals surface area contributed by atoms with Crippen LogP contribution in [0.1, 0.15) is 50.4 Å². The molecule has 33 heavy (non-hydrogen) atoms. The number of nitrogens with zero attached hydrogens (tertiary/aromatic N) is 1. The SMILES string of the molecule is NC(=O)c1c(NC(=O)c2cc(-c3cccc(Br)c3)nc3ccccc23)sc2c1CCCCC2. The summed E-state index contributed by atoms with van der Waals surface area (Å²) in [5, 5.41) is 4.31. The number of fused-ring (bicyclic) bond motifs is 2. The van der Waals surface area contributed by atoms with Crippen molar-refractivity contribution in [3.05, 3.63) is 80.6 Å². The summed E-state index contributed by atoms with van der Waals surface area (Å²) in [6.45, 7) is 0. The molecule has 166 valence electrons. The van der Waals surface area contributed by atoms with Crippen molar-refractivity contribution < 1.29 is 9.59 Å². The minimum absolute atomic E-state index is 0.274. The molecule has 0 bridgehead atoms. The maximum atomic E-state index is 13.5. The van der Waals surface area contributed by atoms with Gasteiger partial charge in [0.25, 0.3) is 11.8 Å². The zero-order chi connectivity index (χ0) is 22.9. The molecule has 5 rings (SSSR count). The maximum Gasteiger partial charge on any atom is 0.257 e. The molecular formula is C26H22BrN3O2S. The lowest BCUT2D eigenvalue weighted by Gasteiger charge is -2.11. The second-order valence-corrected chi connectivity index (χ2v) is 10.2. The number of rotatable bonds is 4. The van der Waals surface area contributed by atoms with Gasteiger partial charge in [-0.3, -0.25) is 9.59 Å². The Bertz CT molecular complexity index is 1400. The fraction of sp³-hybridized carbons (Fsp3) is 0.192. The number of halogens is 1. The van der Waals surface area contributed by atoms with Crippen molar-refractivity contribution in [3.63, 3.8) is 0 Å². The minimum Gasteiger partial charge on any atom is -0.365 e. The number of pyridine rings is 1. The van der Waals surface area contributed by atoms with Crippen molar-refractivity contribution >= 4 is 55.0 Å². The first kappa shape index (κ1) is 21.8. The van der Waals surface area contributed by atoms with Gasteiger partial charge in [-0.05, 0) is 55.5 Å². The van der Waals surface area contributed by atoms with Gasteiger partial charge in [0, 0.05) is 20.3 Å². The molecule has 2 amide bonds. The Hall–Kier alpha value is -3.03. The summed E-state index contributed by atoms with van der Waals surface area (Å²) in [7, 11) is 0. The van der Waals surface area contributed by atoms with E-state index in [1.54, 1.807) is 0 Å². The molecule has 0 unspecified atom stereocenters. The van der Waals surface area contributed by atoms with Crippen molar-refractivity contribution in [1.29, 1.82) is 0 Å². The van der Waals surface area contributed by atoms with Crippen molar-refractivity contribution in [3.8, 4) is 11.3 Å². The van der Waals surface area contributed by atoms with E-state index in [9.17, 15) is 9.59 Å². The van der Waals surface area contributed by atoms with E-state index in [4.69, 9.17) is 10.7 Å². The van der Waals surface area contributed by atoms with Crippen LogP contribution >= 0.6 is 27.3 Å². The highest BCUT2D eigenvalue weighted by Gasteiger charge is 2.25. The van der Waals surface area contributed by atoms with Crippen LogP contribution in [0.15, 0.2) is 59.1 Å². The molecule has 1 aliphatic rings. The van der Waals surface area contributed by atoms with Crippen LogP contribution in [0.25, 0.3) is 22.2 Å². The quantitative estimate of drug-likeness (QED) is 0.308. The molecule has 0 atom stereocenters. The maximum absolute atomic E-state index is 13.5. The summed E-state index contributed by atoms with van der Waals surface area (Å²) in [6, 6.07) is 17.2. The number of aryl methyl sites for hydroxylation is 1. The van der Waals surface area contributed by atoms with Gasteiger partial charge in [0.1, 0.15) is 5.00 Å². The smallest absolute Gasteiger partial charge is 0.257 e. The number of primary amides is 1. The van der Waals surface area contributed by atoms with Gasteiger partial charge in [0.05, 0.1) is 22.3 Å². The molecule has 0 saturated heterocycles. The summed E-state index contributed by atoms with van der Waals surface area (Å²) >= 11 is 4.99. The van der Waals surface area contributed by atoms with E-state index >= 15 is 0 Å². The van der Waals surface area contributed by atoms with E-state index in [-0.39, 0.29) is 5.91 Å². The number of benzene rings is 2. The van der Waals surface area contributed by atoms with Crippen molar-refractivity contribution in [2.45, 2.75) is 32.1 Å². The van der Waals surface area contributed by atoms with Gasteiger partial charge in [-0.2, -0.15) is 0 Å². The predicted molar refractivity (Wildman–Crippen MR) is 137 cm³/mol. The number of nitrogens with one attached hydrogen (secondary N) is 1. The number of anilines is 1. The van der Waals surface area contributed by atoms with Gasteiger partial charge in [0.15, 0.2) is 0 Å². The molecule has 3 N–H and O–H groups in total. The van der Waals surface area contributed by atoms with Gasteiger partial charge in [0.2, 0.25) is 0 Å². The Morgan fingerprint density at radius 3 is 2.64 bits per heavy atom. The van der Waals surface area contributed by atoms with Gasteiger partial charge in [-0.25, -0.2) is 4.98 Å². The van der Waals surface area contributed by atoms with Crippen molar-refractivity contribution in [1.82, 2.24) is 4.98 Å². The Kier molecular flexibility index (Phi) is 6.00. The van der Waals surface area contributed by atoms with E-state index in [1.165, 1.54) is 11.3 Å². The fourth-order valence-electron chi connectivity index (χ4n) is 4.42. The van der Waals surface area contributed by atoms with Crippen LogP contribution in [-0.2, 0) is 12.8 Å². The molecule has 2 aromatic heterocycles. The Morgan fingerprint density at radius 2 is 1.82 bits per heavy atom. The monoisotopic (exact) mass is 519 g/mol. The fourth-order valence-corrected chi connectivity index (χ4v) is 6.11. The van der Waals surface area contributed by atoms with E-state index in [0.717, 1.165) is 63.5 Å². The van der Waals surface area contributed by atoms with E-state index in [2.05, 4.69) is 21.2 Å². The summed E-state index contributed by atoms with van der Waals surface area (Å²) in [6.07, 6.45) is 5.00. The standard InChI is InChI=1S/C26H22BrN3O2S/c27-16-8-6-7-15(13-16)21-14-19(17-9-4-5-11-20(17)29-21)25(32)30-26-23(24(28)31)18-10-2-1-3-12-22(18)33-26/h4-9,11,13-14H,1-3,10,12H2,(H2,28,31)(H,30,32). The lowest BCUT2D eigenvalue weighted by atomic mass is 10.0. The molecule has 4 aromatic rings. The van der Waals surface area contributed by atoms with Gasteiger partial charge in [-0.15, -0.1) is 11.3 Å². The summed E-state index contributed by atoms with van der Waals surface area (Å²) < 4.78 is 0.937.